The molecule has 0 radical (unpaired) electrons. The van der Waals surface area contributed by atoms with Gasteiger partial charge in [0.1, 0.15) is 0 Å². The first-order valence-electron chi connectivity index (χ1n) is 4.64. The van der Waals surface area contributed by atoms with Gasteiger partial charge < -0.3 is 9.84 Å². The van der Waals surface area contributed by atoms with Gasteiger partial charge in [0.15, 0.2) is 0 Å². The Morgan fingerprint density at radius 2 is 2.19 bits per heavy atom. The average molecular weight is 220 g/mol. The maximum absolute atomic E-state index is 11.1. The zero-order valence-corrected chi connectivity index (χ0v) is 8.90. The van der Waals surface area contributed by atoms with Crippen LogP contribution in [0.2, 0.25) is 0 Å². The molecule has 0 aromatic heterocycles. The predicted molar refractivity (Wildman–Crippen MR) is 59.2 cm³/mol. The largest absolute Gasteiger partial charge is 0.478 e. The fourth-order valence-corrected chi connectivity index (χ4v) is 1.43. The molecule has 16 heavy (non-hydrogen) atoms. The van der Waals surface area contributed by atoms with E-state index in [0.717, 1.165) is 0 Å². The van der Waals surface area contributed by atoms with Gasteiger partial charge in [-0.05, 0) is 11.1 Å². The molecule has 0 unspecified atom stereocenters. The van der Waals surface area contributed by atoms with Crippen molar-refractivity contribution >= 4 is 18.0 Å². The number of carboxylic acids is 1. The van der Waals surface area contributed by atoms with Crippen molar-refractivity contribution in [2.45, 2.75) is 6.42 Å². The van der Waals surface area contributed by atoms with Crippen LogP contribution < -0.4 is 0 Å². The third-order valence-electron chi connectivity index (χ3n) is 2.18. The number of benzene rings is 1. The van der Waals surface area contributed by atoms with E-state index in [4.69, 9.17) is 5.11 Å². The molecule has 4 nitrogen and oxygen atoms in total. The first kappa shape index (κ1) is 12.0. The van der Waals surface area contributed by atoms with Gasteiger partial charge in [0, 0.05) is 0 Å². The molecule has 0 aliphatic rings. The molecular weight excluding hydrogens is 208 g/mol. The number of carboxylic acid groups (broad SMARTS) is 1. The van der Waals surface area contributed by atoms with Crippen LogP contribution in [0, 0.1) is 0 Å². The smallest absolute Gasteiger partial charge is 0.336 e. The summed E-state index contributed by atoms with van der Waals surface area (Å²) in [4.78, 5) is 22.2. The molecule has 84 valence electrons. The first-order chi connectivity index (χ1) is 7.60. The normalized spacial score (nSPS) is 9.56. The highest BCUT2D eigenvalue weighted by atomic mass is 16.5. The molecule has 0 saturated heterocycles. The second kappa shape index (κ2) is 5.11. The van der Waals surface area contributed by atoms with Crippen LogP contribution in [-0.4, -0.2) is 24.2 Å². The minimum atomic E-state index is -1.07. The molecule has 0 amide bonds. The van der Waals surface area contributed by atoms with Gasteiger partial charge in [-0.1, -0.05) is 30.9 Å². The number of rotatable bonds is 4. The van der Waals surface area contributed by atoms with E-state index in [1.165, 1.54) is 13.2 Å². The van der Waals surface area contributed by atoms with Crippen LogP contribution in [0.15, 0.2) is 24.8 Å². The molecule has 0 fully saturated rings. The van der Waals surface area contributed by atoms with E-state index in [2.05, 4.69) is 11.3 Å². The molecule has 0 heterocycles. The minimum absolute atomic E-state index is 0.0557. The van der Waals surface area contributed by atoms with Crippen molar-refractivity contribution in [2.75, 3.05) is 7.11 Å². The van der Waals surface area contributed by atoms with Gasteiger partial charge in [-0.25, -0.2) is 4.79 Å². The number of carbonyl (C=O) groups excluding carboxylic acids is 1. The van der Waals surface area contributed by atoms with Crippen molar-refractivity contribution in [1.82, 2.24) is 0 Å². The number of hydrogen-bond donors (Lipinski definition) is 1. The van der Waals surface area contributed by atoms with Gasteiger partial charge in [0.25, 0.3) is 0 Å². The zero-order valence-electron chi connectivity index (χ0n) is 8.90. The van der Waals surface area contributed by atoms with Crippen LogP contribution in [0.25, 0.3) is 6.08 Å². The molecule has 0 aliphatic carbocycles. The summed E-state index contributed by atoms with van der Waals surface area (Å²) in [7, 11) is 1.26. The van der Waals surface area contributed by atoms with Crippen molar-refractivity contribution in [1.29, 1.82) is 0 Å². The molecule has 4 heteroatoms. The van der Waals surface area contributed by atoms with E-state index in [1.807, 2.05) is 0 Å². The molecule has 1 aromatic carbocycles. The van der Waals surface area contributed by atoms with Crippen LogP contribution in [0.1, 0.15) is 21.5 Å². The summed E-state index contributed by atoms with van der Waals surface area (Å²) in [6, 6.07) is 4.91. The molecule has 0 atom stereocenters. The summed E-state index contributed by atoms with van der Waals surface area (Å²) >= 11 is 0. The molecule has 0 aliphatic heterocycles. The van der Waals surface area contributed by atoms with Gasteiger partial charge in [-0.15, -0.1) is 0 Å². The lowest BCUT2D eigenvalue weighted by Gasteiger charge is -2.07. The summed E-state index contributed by atoms with van der Waals surface area (Å²) < 4.78 is 4.50. The third-order valence-corrected chi connectivity index (χ3v) is 2.18. The van der Waals surface area contributed by atoms with E-state index in [0.29, 0.717) is 11.1 Å². The monoisotopic (exact) mass is 220 g/mol. The van der Waals surface area contributed by atoms with Crippen molar-refractivity contribution < 1.29 is 19.4 Å². The van der Waals surface area contributed by atoms with E-state index in [1.54, 1.807) is 18.2 Å². The van der Waals surface area contributed by atoms with E-state index in [9.17, 15) is 9.59 Å². The van der Waals surface area contributed by atoms with E-state index < -0.39 is 11.9 Å². The standard InChI is InChI=1S/C12H12O4/c1-3-8-5-4-6-9(7-10(13)16-2)11(8)12(14)15/h3-6H,1,7H2,2H3,(H,14,15). The topological polar surface area (TPSA) is 63.6 Å². The van der Waals surface area contributed by atoms with Crippen LogP contribution in [0.3, 0.4) is 0 Å². The Morgan fingerprint density at radius 3 is 2.69 bits per heavy atom. The SMILES string of the molecule is C=Cc1cccc(CC(=O)OC)c1C(=O)O. The fraction of sp³-hybridized carbons (Fsp3) is 0.167. The Kier molecular flexibility index (Phi) is 3.83. The highest BCUT2D eigenvalue weighted by Crippen LogP contribution is 2.17. The molecular formula is C12H12O4. The number of hydrogen-bond acceptors (Lipinski definition) is 3. The quantitative estimate of drug-likeness (QED) is 0.785. The predicted octanol–water partition coefficient (Wildman–Crippen LogP) is 1.74. The van der Waals surface area contributed by atoms with Crippen molar-refractivity contribution in [3.63, 3.8) is 0 Å². The van der Waals surface area contributed by atoms with Crippen LogP contribution in [0.4, 0.5) is 0 Å². The summed E-state index contributed by atoms with van der Waals surface area (Å²) in [6.45, 7) is 3.53. The number of aromatic carboxylic acids is 1. The molecule has 0 bridgehead atoms. The molecule has 1 N–H and O–H groups in total. The highest BCUT2D eigenvalue weighted by Gasteiger charge is 2.15. The summed E-state index contributed by atoms with van der Waals surface area (Å²) in [5.74, 6) is -1.54. The van der Waals surface area contributed by atoms with Gasteiger partial charge >= 0.3 is 11.9 Å². The lowest BCUT2D eigenvalue weighted by atomic mass is 9.99. The van der Waals surface area contributed by atoms with Gasteiger partial charge in [0.2, 0.25) is 0 Å². The van der Waals surface area contributed by atoms with Crippen molar-refractivity contribution in [3.05, 3.63) is 41.5 Å². The summed E-state index contributed by atoms with van der Waals surface area (Å²) in [6.07, 6.45) is 1.39. The van der Waals surface area contributed by atoms with Crippen LogP contribution in [-0.2, 0) is 16.0 Å². The van der Waals surface area contributed by atoms with Gasteiger partial charge in [0.05, 0.1) is 19.1 Å². The van der Waals surface area contributed by atoms with E-state index >= 15 is 0 Å². The second-order valence-electron chi connectivity index (χ2n) is 3.14. The molecule has 0 spiro atoms. The highest BCUT2D eigenvalue weighted by molar-refractivity contribution is 5.95. The van der Waals surface area contributed by atoms with Gasteiger partial charge in [-0.3, -0.25) is 4.79 Å². The van der Waals surface area contributed by atoms with Crippen molar-refractivity contribution in [2.24, 2.45) is 0 Å². The van der Waals surface area contributed by atoms with Crippen LogP contribution in [0.5, 0.6) is 0 Å². The Morgan fingerprint density at radius 1 is 1.50 bits per heavy atom. The number of esters is 1. The molecule has 0 saturated carbocycles. The fourth-order valence-electron chi connectivity index (χ4n) is 1.43. The lowest BCUT2D eigenvalue weighted by molar-refractivity contribution is -0.139. The Balaban J connectivity index is 3.22. The molecule has 1 aromatic rings. The third kappa shape index (κ3) is 2.48. The average Bonchev–Trinajstić information content (AvgIpc) is 2.28. The first-order valence-corrected chi connectivity index (χ1v) is 4.64. The van der Waals surface area contributed by atoms with Gasteiger partial charge in [-0.2, -0.15) is 0 Å². The Labute approximate surface area is 93.2 Å². The van der Waals surface area contributed by atoms with E-state index in [-0.39, 0.29) is 12.0 Å². The maximum Gasteiger partial charge on any atom is 0.336 e. The second-order valence-corrected chi connectivity index (χ2v) is 3.14. The minimum Gasteiger partial charge on any atom is -0.478 e. The number of methoxy groups -OCH3 is 1. The zero-order chi connectivity index (χ0) is 12.1. The Hall–Kier alpha value is -2.10. The summed E-state index contributed by atoms with van der Waals surface area (Å²) in [5, 5.41) is 9.06. The van der Waals surface area contributed by atoms with Crippen LogP contribution >= 0.6 is 0 Å². The number of carbonyl (C=O) groups is 2. The molecule has 1 rings (SSSR count). The lowest BCUT2D eigenvalue weighted by Crippen LogP contribution is -2.11. The van der Waals surface area contributed by atoms with Crippen molar-refractivity contribution in [3.8, 4) is 0 Å². The number of ether oxygens (including phenoxy) is 1. The summed E-state index contributed by atoms with van der Waals surface area (Å²) in [5.41, 5.74) is 1.02. The maximum atomic E-state index is 11.1. The Bertz CT molecular complexity index is 435.